The Morgan fingerprint density at radius 2 is 1.67 bits per heavy atom. The van der Waals surface area contributed by atoms with E-state index in [0.717, 1.165) is 27.8 Å². The maximum Gasteiger partial charge on any atom is 0.328 e. The molecule has 1 atom stereocenters. The van der Waals surface area contributed by atoms with Crippen molar-refractivity contribution in [1.82, 2.24) is 25.5 Å². The Hall–Kier alpha value is -5.76. The van der Waals surface area contributed by atoms with Gasteiger partial charge in [0.1, 0.15) is 22.6 Å². The fourth-order valence-corrected chi connectivity index (χ4v) is 7.11. The molecule has 0 radical (unpaired) electrons. The van der Waals surface area contributed by atoms with E-state index in [1.165, 1.54) is 33.9 Å². The molecule has 6 rings (SSSR count). The van der Waals surface area contributed by atoms with Gasteiger partial charge >= 0.3 is 6.03 Å². The minimum Gasteiger partial charge on any atom is -0.385 e. The lowest BCUT2D eigenvalue weighted by molar-refractivity contribution is -0.123. The standard InChI is InChI=1S/C42H39Cl3FN7O5/c1-25-18-37(45)49-22-33(25)31-7-3-2-6-27(31)19-35(50-39(55)32-20-29(44)24-52(41(32)57)23-26-8-10-28(43)11-9-26)40(56)48-16-5-4-15-47-30-12-13-36(34(46)21-30)53-17-14-38(54)51-42(53)58/h2-3,6-13,18,20-22,24,35,47H,4-5,14-17,19,23H2,1H3,(H,48,56)(H,50,55)(H,51,54,58)/t35-/m0/s1. The number of hydrogen-bond acceptors (Lipinski definition) is 7. The highest BCUT2D eigenvalue weighted by atomic mass is 35.5. The molecule has 16 heteroatoms. The van der Waals surface area contributed by atoms with Gasteiger partial charge in [0, 0.05) is 61.1 Å². The van der Waals surface area contributed by atoms with Crippen molar-refractivity contribution in [2.75, 3.05) is 29.9 Å². The number of imide groups is 1. The molecule has 300 valence electrons. The molecule has 0 saturated carbocycles. The number of halogens is 4. The molecule has 0 unspecified atom stereocenters. The summed E-state index contributed by atoms with van der Waals surface area (Å²) < 4.78 is 16.2. The van der Waals surface area contributed by atoms with Crippen molar-refractivity contribution in [3.05, 3.63) is 145 Å². The number of carbonyl (C=O) groups excluding carboxylic acids is 4. The topological polar surface area (TPSA) is 155 Å². The van der Waals surface area contributed by atoms with Crippen LogP contribution >= 0.6 is 34.8 Å². The Morgan fingerprint density at radius 3 is 2.41 bits per heavy atom. The van der Waals surface area contributed by atoms with Gasteiger partial charge in [0.25, 0.3) is 11.5 Å². The summed E-state index contributed by atoms with van der Waals surface area (Å²) in [5, 5.41) is 12.1. The molecule has 0 spiro atoms. The Morgan fingerprint density at radius 1 is 0.914 bits per heavy atom. The lowest BCUT2D eigenvalue weighted by atomic mass is 9.93. The monoisotopic (exact) mass is 845 g/mol. The largest absolute Gasteiger partial charge is 0.385 e. The average molecular weight is 847 g/mol. The molecule has 0 aliphatic carbocycles. The summed E-state index contributed by atoms with van der Waals surface area (Å²) in [7, 11) is 0. The number of anilines is 2. The third kappa shape index (κ3) is 10.6. The first kappa shape index (κ1) is 41.9. The lowest BCUT2D eigenvalue weighted by Gasteiger charge is -2.27. The molecule has 58 heavy (non-hydrogen) atoms. The van der Waals surface area contributed by atoms with Gasteiger partial charge in [-0.15, -0.1) is 0 Å². The summed E-state index contributed by atoms with van der Waals surface area (Å²) in [6.45, 7) is 2.84. The number of urea groups is 1. The van der Waals surface area contributed by atoms with Crippen LogP contribution < -0.4 is 31.7 Å². The molecule has 5 amide bonds. The number of benzene rings is 3. The van der Waals surface area contributed by atoms with Crippen molar-refractivity contribution in [2.24, 2.45) is 0 Å². The van der Waals surface area contributed by atoms with Crippen molar-refractivity contribution in [3.63, 3.8) is 0 Å². The summed E-state index contributed by atoms with van der Waals surface area (Å²) >= 11 is 18.6. The Labute approximate surface area is 348 Å². The normalized spacial score (nSPS) is 13.2. The predicted octanol–water partition coefficient (Wildman–Crippen LogP) is 7.16. The van der Waals surface area contributed by atoms with Crippen LogP contribution in [0.25, 0.3) is 11.1 Å². The van der Waals surface area contributed by atoms with E-state index >= 15 is 0 Å². The molecular weight excluding hydrogens is 808 g/mol. The first-order valence-electron chi connectivity index (χ1n) is 18.4. The van der Waals surface area contributed by atoms with Crippen LogP contribution in [0, 0.1) is 12.7 Å². The van der Waals surface area contributed by atoms with Gasteiger partial charge in [-0.2, -0.15) is 0 Å². The van der Waals surface area contributed by atoms with E-state index in [2.05, 4.69) is 26.3 Å². The van der Waals surface area contributed by atoms with Crippen LogP contribution in [0.3, 0.4) is 0 Å². The van der Waals surface area contributed by atoms with E-state index in [1.54, 1.807) is 42.6 Å². The number of rotatable bonds is 15. The van der Waals surface area contributed by atoms with Crippen LogP contribution in [-0.2, 0) is 22.6 Å². The molecule has 2 aromatic heterocycles. The SMILES string of the molecule is Cc1cc(Cl)ncc1-c1ccccc1C[C@H](NC(=O)c1cc(Cl)cn(Cc2ccc(Cl)cc2)c1=O)C(=O)NCCCCNc1ccc(N2CCC(=O)NC2=O)c(F)c1. The number of pyridine rings is 2. The smallest absolute Gasteiger partial charge is 0.328 e. The second kappa shape index (κ2) is 19.1. The first-order valence-corrected chi connectivity index (χ1v) is 19.6. The molecule has 4 N–H and O–H groups in total. The summed E-state index contributed by atoms with van der Waals surface area (Å²) in [6, 6.07) is 20.0. The van der Waals surface area contributed by atoms with E-state index < -0.39 is 41.2 Å². The number of nitrogens with one attached hydrogen (secondary N) is 4. The van der Waals surface area contributed by atoms with Crippen LogP contribution in [0.1, 0.15) is 46.3 Å². The highest BCUT2D eigenvalue weighted by Crippen LogP contribution is 2.29. The maximum absolute atomic E-state index is 14.9. The van der Waals surface area contributed by atoms with Gasteiger partial charge in [-0.05, 0) is 84.5 Å². The number of amides is 5. The number of aryl methyl sites for hydroxylation is 1. The fourth-order valence-electron chi connectivity index (χ4n) is 6.54. The van der Waals surface area contributed by atoms with Crippen molar-refractivity contribution >= 4 is 69.9 Å². The number of carbonyl (C=O) groups is 4. The van der Waals surface area contributed by atoms with Gasteiger partial charge in [-0.25, -0.2) is 14.2 Å². The summed E-state index contributed by atoms with van der Waals surface area (Å²) in [5.74, 6) is -2.25. The van der Waals surface area contributed by atoms with Crippen LogP contribution in [0.4, 0.5) is 20.6 Å². The Bertz CT molecular complexity index is 2410. The van der Waals surface area contributed by atoms with Crippen molar-refractivity contribution in [3.8, 4) is 11.1 Å². The van der Waals surface area contributed by atoms with E-state index in [4.69, 9.17) is 34.8 Å². The van der Waals surface area contributed by atoms with Gasteiger partial charge < -0.3 is 20.5 Å². The molecule has 5 aromatic rings. The summed E-state index contributed by atoms with van der Waals surface area (Å²) in [5.41, 5.74) is 3.75. The van der Waals surface area contributed by atoms with Gasteiger partial charge in [0.15, 0.2) is 0 Å². The molecule has 3 aromatic carbocycles. The highest BCUT2D eigenvalue weighted by molar-refractivity contribution is 6.31. The fraction of sp³-hybridized carbons (Fsp3) is 0.238. The molecule has 0 bridgehead atoms. The highest BCUT2D eigenvalue weighted by Gasteiger charge is 2.27. The molecule has 1 saturated heterocycles. The maximum atomic E-state index is 14.9. The summed E-state index contributed by atoms with van der Waals surface area (Å²) in [6.07, 6.45) is 4.40. The molecule has 1 aliphatic heterocycles. The average Bonchev–Trinajstić information content (AvgIpc) is 3.18. The zero-order chi connectivity index (χ0) is 41.3. The lowest BCUT2D eigenvalue weighted by Crippen LogP contribution is -2.49. The summed E-state index contributed by atoms with van der Waals surface area (Å²) in [4.78, 5) is 70.4. The third-order valence-corrected chi connectivity index (χ3v) is 10.2. The van der Waals surface area contributed by atoms with Crippen molar-refractivity contribution in [2.45, 2.75) is 45.2 Å². The Balaban J connectivity index is 1.13. The Kier molecular flexibility index (Phi) is 13.8. The number of nitrogens with zero attached hydrogens (tertiary/aromatic N) is 3. The number of aromatic nitrogens is 2. The predicted molar refractivity (Wildman–Crippen MR) is 223 cm³/mol. The van der Waals surface area contributed by atoms with E-state index in [1.807, 2.05) is 31.2 Å². The minimum atomic E-state index is -1.10. The van der Waals surface area contributed by atoms with E-state index in [-0.39, 0.29) is 48.7 Å². The zero-order valence-electron chi connectivity index (χ0n) is 31.3. The quantitative estimate of drug-likeness (QED) is 0.0644. The molecule has 3 heterocycles. The first-order chi connectivity index (χ1) is 27.9. The number of unbranched alkanes of at least 4 members (excludes halogenated alkanes) is 1. The van der Waals surface area contributed by atoms with E-state index in [0.29, 0.717) is 35.2 Å². The molecular formula is C42H39Cl3FN7O5. The zero-order valence-corrected chi connectivity index (χ0v) is 33.6. The second-order valence-corrected chi connectivity index (χ2v) is 14.9. The minimum absolute atomic E-state index is 0.0708. The van der Waals surface area contributed by atoms with Crippen LogP contribution in [0.5, 0.6) is 0 Å². The van der Waals surface area contributed by atoms with Crippen molar-refractivity contribution < 1.29 is 23.6 Å². The second-order valence-electron chi connectivity index (χ2n) is 13.7. The van der Waals surface area contributed by atoms with Gasteiger partial charge in [-0.1, -0.05) is 71.2 Å². The van der Waals surface area contributed by atoms with E-state index in [9.17, 15) is 28.4 Å². The van der Waals surface area contributed by atoms with Crippen LogP contribution in [0.15, 0.2) is 96.1 Å². The molecule has 1 fully saturated rings. The molecule has 1 aliphatic rings. The molecule has 12 nitrogen and oxygen atoms in total. The van der Waals surface area contributed by atoms with Crippen molar-refractivity contribution in [1.29, 1.82) is 0 Å². The third-order valence-electron chi connectivity index (χ3n) is 9.52. The van der Waals surface area contributed by atoms with Gasteiger partial charge in [0.05, 0.1) is 17.3 Å². The van der Waals surface area contributed by atoms with Gasteiger partial charge in [0.2, 0.25) is 11.8 Å². The van der Waals surface area contributed by atoms with Gasteiger partial charge in [-0.3, -0.25) is 29.4 Å². The number of hydrogen-bond donors (Lipinski definition) is 4. The van der Waals surface area contributed by atoms with Crippen LogP contribution in [-0.4, -0.2) is 59.0 Å². The van der Waals surface area contributed by atoms with Crippen LogP contribution in [0.2, 0.25) is 15.2 Å².